The first-order valence-corrected chi connectivity index (χ1v) is 17.6. The van der Waals surface area contributed by atoms with E-state index in [2.05, 4.69) is 44.9 Å². The van der Waals surface area contributed by atoms with Gasteiger partial charge in [-0.1, -0.05) is 6.58 Å². The molecule has 2 saturated heterocycles. The van der Waals surface area contributed by atoms with Gasteiger partial charge in [0.05, 0.1) is 35.5 Å². The molecule has 4 atom stereocenters. The molecule has 8 N–H and O–H groups in total. The van der Waals surface area contributed by atoms with Crippen molar-refractivity contribution >= 4 is 40.0 Å². The molecule has 6 rings (SSSR count). The van der Waals surface area contributed by atoms with E-state index in [1.165, 1.54) is 23.6 Å². The fraction of sp³-hybridized carbons (Fsp3) is 0.486. The SMILES string of the molecule is C=C[C@H](Oc1cc(/N=C/C=C(\N)C(=O)N[C@H]2CCOC2)nc(C(=N)C2=C([OH2+])[C@@]3(CCC2)CCCc2sc(N)c(C#N)c23)n1)[C@@H]1CCCN1C. The number of carbonyl (C=O) groups is 1. The van der Waals surface area contributed by atoms with Crippen LogP contribution in [-0.2, 0) is 21.4 Å². The zero-order chi connectivity index (χ0) is 34.7. The average Bonchev–Trinajstić information content (AvgIpc) is 3.84. The fourth-order valence-electron chi connectivity index (χ4n) is 7.57. The van der Waals surface area contributed by atoms with E-state index >= 15 is 0 Å². The molecule has 2 fully saturated rings. The number of amides is 1. The molecule has 0 bridgehead atoms. The van der Waals surface area contributed by atoms with E-state index < -0.39 is 11.3 Å². The number of nitrogens with one attached hydrogen (secondary N) is 2. The normalized spacial score (nSPS) is 24.9. The topological polar surface area (TPSA) is 212 Å². The third-order valence-corrected chi connectivity index (χ3v) is 11.1. The van der Waals surface area contributed by atoms with Crippen molar-refractivity contribution in [3.63, 3.8) is 0 Å². The molecule has 1 spiro atoms. The Morgan fingerprint density at radius 3 is 2.84 bits per heavy atom. The highest BCUT2D eigenvalue weighted by Gasteiger charge is 2.50. The van der Waals surface area contributed by atoms with Crippen molar-refractivity contribution in [1.82, 2.24) is 20.2 Å². The molecular formula is C35H44N9O4S+. The Labute approximate surface area is 289 Å². The van der Waals surface area contributed by atoms with E-state index in [-0.39, 0.29) is 47.1 Å². The first-order valence-electron chi connectivity index (χ1n) is 16.8. The minimum absolute atomic E-state index is 0.0145. The average molecular weight is 687 g/mol. The number of fused-ring (bicyclic) bond motifs is 2. The molecule has 258 valence electrons. The molecule has 2 aromatic heterocycles. The Kier molecular flexibility index (Phi) is 10.1. The molecule has 13 nitrogen and oxygen atoms in total. The highest BCUT2D eigenvalue weighted by Crippen LogP contribution is 2.54. The molecule has 0 unspecified atom stereocenters. The third kappa shape index (κ3) is 6.83. The monoisotopic (exact) mass is 686 g/mol. The van der Waals surface area contributed by atoms with Gasteiger partial charge in [0.25, 0.3) is 5.91 Å². The van der Waals surface area contributed by atoms with Crippen molar-refractivity contribution in [2.45, 2.75) is 81.4 Å². The standard InChI is InChI=1S/C35H43N9O4S/c1-3-25(24-8-6-15-44(24)2)48-28-17-27(40-14-10-23(37)34(46)41-20-11-16-47-19-20)42-33(43-28)30(38)21-7-4-12-35(31(21)45)13-5-9-26-29(35)22(18-36)32(39)49-26/h3,10,14,17,20,24-25,38,45H,1,4-9,11-13,15-16,19,37,39H2,2H3,(H,41,46)/p+1/b23-10-,38-30?,40-14+/t20-,24-,25-,35-/m0/s1. The summed E-state index contributed by atoms with van der Waals surface area (Å²) in [6.07, 6.45) is 11.3. The van der Waals surface area contributed by atoms with Crippen LogP contribution in [0.2, 0.25) is 0 Å². The Balaban J connectivity index is 1.34. The number of aromatic nitrogens is 2. The van der Waals surface area contributed by atoms with E-state index in [4.69, 9.17) is 20.9 Å². The number of hydrogen-bond donors (Lipinski definition) is 4. The number of aliphatic imine (C=N–C) groups is 1. The van der Waals surface area contributed by atoms with E-state index in [1.807, 2.05) is 0 Å². The van der Waals surface area contributed by atoms with Gasteiger partial charge in [0.1, 0.15) is 28.3 Å². The number of carbonyl (C=O) groups excluding carboxylic acids is 1. The fourth-order valence-corrected chi connectivity index (χ4v) is 8.73. The van der Waals surface area contributed by atoms with Gasteiger partial charge >= 0.3 is 0 Å². The number of thiophene rings is 1. The van der Waals surface area contributed by atoms with E-state index in [1.54, 1.807) is 12.1 Å². The Morgan fingerprint density at radius 2 is 2.14 bits per heavy atom. The van der Waals surface area contributed by atoms with Gasteiger partial charge < -0.3 is 31.4 Å². The number of nitrogens with zero attached hydrogens (tertiary/aromatic N) is 5. The lowest BCUT2D eigenvalue weighted by Crippen LogP contribution is -2.39. The van der Waals surface area contributed by atoms with E-state index in [0.29, 0.717) is 54.4 Å². The maximum atomic E-state index is 12.5. The number of aryl methyl sites for hydroxylation is 1. The zero-order valence-electron chi connectivity index (χ0n) is 27.8. The first-order chi connectivity index (χ1) is 23.6. The summed E-state index contributed by atoms with van der Waals surface area (Å²) < 4.78 is 11.7. The maximum absolute atomic E-state index is 12.5. The van der Waals surface area contributed by atoms with Crippen LogP contribution in [0.4, 0.5) is 10.8 Å². The van der Waals surface area contributed by atoms with Gasteiger partial charge in [-0.25, -0.2) is 9.98 Å². The number of nitriles is 1. The van der Waals surface area contributed by atoms with Crippen LogP contribution in [0.3, 0.4) is 0 Å². The summed E-state index contributed by atoms with van der Waals surface area (Å²) >= 11 is 1.44. The number of allylic oxidation sites excluding steroid dienone is 3. The predicted molar refractivity (Wildman–Crippen MR) is 189 cm³/mol. The van der Waals surface area contributed by atoms with Crippen LogP contribution in [0.5, 0.6) is 5.88 Å². The number of nitrogen functional groups attached to an aromatic ring is 1. The lowest BCUT2D eigenvalue weighted by atomic mass is 9.63. The molecule has 14 heteroatoms. The molecule has 2 aliphatic carbocycles. The van der Waals surface area contributed by atoms with Crippen LogP contribution in [0, 0.1) is 16.7 Å². The second-order valence-corrected chi connectivity index (χ2v) is 14.2. The lowest BCUT2D eigenvalue weighted by molar-refractivity contribution is -0.118. The molecule has 49 heavy (non-hydrogen) atoms. The van der Waals surface area contributed by atoms with E-state index in [0.717, 1.165) is 55.5 Å². The van der Waals surface area contributed by atoms with Gasteiger partial charge in [-0.15, -0.1) is 11.3 Å². The van der Waals surface area contributed by atoms with Crippen LogP contribution < -0.4 is 21.5 Å². The number of anilines is 1. The molecule has 4 aliphatic rings. The van der Waals surface area contributed by atoms with Crippen molar-refractivity contribution < 1.29 is 19.4 Å². The Morgan fingerprint density at radius 1 is 1.35 bits per heavy atom. The zero-order valence-corrected chi connectivity index (χ0v) is 28.6. The molecule has 4 heterocycles. The molecule has 1 amide bonds. The van der Waals surface area contributed by atoms with Gasteiger partial charge in [-0.3, -0.25) is 15.1 Å². The summed E-state index contributed by atoms with van der Waals surface area (Å²) in [5.74, 6) is 0.407. The summed E-state index contributed by atoms with van der Waals surface area (Å²) in [5.41, 5.74) is 13.5. The van der Waals surface area contributed by atoms with Gasteiger partial charge in [-0.2, -0.15) is 10.2 Å². The predicted octanol–water partition coefficient (Wildman–Crippen LogP) is 3.27. The first kappa shape index (κ1) is 34.3. The van der Waals surface area contributed by atoms with Crippen molar-refractivity contribution in [3.8, 4) is 11.9 Å². The number of likely N-dealkylation sites (N-methyl/N-ethyl adjacent to an activating group) is 1. The summed E-state index contributed by atoms with van der Waals surface area (Å²) in [6.45, 7) is 6.01. The second-order valence-electron chi connectivity index (χ2n) is 13.1. The van der Waals surface area contributed by atoms with E-state index in [9.17, 15) is 20.6 Å². The van der Waals surface area contributed by atoms with Crippen molar-refractivity contribution in [2.75, 3.05) is 32.5 Å². The smallest absolute Gasteiger partial charge is 0.267 e. The highest BCUT2D eigenvalue weighted by molar-refractivity contribution is 7.16. The van der Waals surface area contributed by atoms with Crippen LogP contribution in [-0.4, -0.2) is 82.8 Å². The van der Waals surface area contributed by atoms with Gasteiger partial charge in [-0.05, 0) is 83.5 Å². The Bertz CT molecular complexity index is 1770. The van der Waals surface area contributed by atoms with Crippen molar-refractivity contribution in [1.29, 1.82) is 10.7 Å². The molecule has 2 aliphatic heterocycles. The van der Waals surface area contributed by atoms with Gasteiger partial charge in [0.15, 0.2) is 11.6 Å². The third-order valence-electron chi connectivity index (χ3n) is 10.1. The largest absolute Gasteiger partial charge is 0.596 e. The minimum atomic E-state index is -0.684. The van der Waals surface area contributed by atoms with Crippen LogP contribution in [0.1, 0.15) is 73.2 Å². The number of ether oxygens (including phenoxy) is 2. The van der Waals surface area contributed by atoms with Gasteiger partial charge in [0.2, 0.25) is 11.6 Å². The number of likely N-dealkylation sites (tertiary alicyclic amines) is 1. The Hall–Kier alpha value is -4.58. The van der Waals surface area contributed by atoms with Crippen LogP contribution in [0.25, 0.3) is 0 Å². The van der Waals surface area contributed by atoms with Gasteiger partial charge in [0, 0.05) is 29.3 Å². The molecule has 0 aromatic carbocycles. The quantitative estimate of drug-likeness (QED) is 0.125. The number of nitrogens with two attached hydrogens (primary N) is 2. The second kappa shape index (κ2) is 14.5. The molecule has 2 aromatic rings. The highest BCUT2D eigenvalue weighted by atomic mass is 32.1. The lowest BCUT2D eigenvalue weighted by Gasteiger charge is -2.38. The summed E-state index contributed by atoms with van der Waals surface area (Å²) in [6, 6.07) is 3.91. The summed E-state index contributed by atoms with van der Waals surface area (Å²) in [4.78, 5) is 29.6. The van der Waals surface area contributed by atoms with Crippen molar-refractivity contribution in [3.05, 3.63) is 63.7 Å². The van der Waals surface area contributed by atoms with Crippen LogP contribution >= 0.6 is 11.3 Å². The van der Waals surface area contributed by atoms with Crippen LogP contribution in [0.15, 0.2) is 46.8 Å². The molecule has 0 saturated carbocycles. The minimum Gasteiger partial charge on any atom is -0.596 e. The number of rotatable bonds is 10. The number of hydrogen-bond acceptors (Lipinski definition) is 12. The molecule has 0 radical (unpaired) electrons. The van der Waals surface area contributed by atoms with Crippen molar-refractivity contribution in [2.24, 2.45) is 10.7 Å². The summed E-state index contributed by atoms with van der Waals surface area (Å²) in [5, 5.41) is 32.2. The maximum Gasteiger partial charge on any atom is 0.267 e. The summed E-state index contributed by atoms with van der Waals surface area (Å²) in [7, 11) is 2.05. The molecular weight excluding hydrogens is 643 g/mol.